The molecule has 2 amide bonds. The third-order valence-electron chi connectivity index (χ3n) is 7.36. The van der Waals surface area contributed by atoms with Gasteiger partial charge in [-0.15, -0.1) is 4.98 Å². The summed E-state index contributed by atoms with van der Waals surface area (Å²) in [6.45, 7) is 14.2. The van der Waals surface area contributed by atoms with Gasteiger partial charge in [0.15, 0.2) is 5.78 Å². The Labute approximate surface area is 214 Å². The molecule has 0 spiro atoms. The van der Waals surface area contributed by atoms with Crippen LogP contribution in [0.2, 0.25) is 0 Å². The quantitative estimate of drug-likeness (QED) is 0.550. The second-order valence-electron chi connectivity index (χ2n) is 9.89. The van der Waals surface area contributed by atoms with E-state index in [1.54, 1.807) is 30.7 Å². The van der Waals surface area contributed by atoms with Crippen LogP contribution in [0, 0.1) is 6.57 Å². The number of rotatable bonds is 4. The van der Waals surface area contributed by atoms with Crippen LogP contribution in [0.4, 0.5) is 22.4 Å². The highest BCUT2D eigenvalue weighted by atomic mass is 16.2. The van der Waals surface area contributed by atoms with Gasteiger partial charge >= 0.3 is 6.03 Å². The Morgan fingerprint density at radius 1 is 1.14 bits per heavy atom. The molecule has 1 atom stereocenters. The summed E-state index contributed by atoms with van der Waals surface area (Å²) < 4.78 is 0. The average Bonchev–Trinajstić information content (AvgIpc) is 3.38. The first-order valence-corrected chi connectivity index (χ1v) is 12.1. The topological polar surface area (TPSA) is 112 Å². The van der Waals surface area contributed by atoms with E-state index < -0.39 is 5.54 Å². The number of piperazine rings is 1. The normalized spacial score (nSPS) is 19.9. The number of Topliss-reactive ketones (excluding diaryl/α,β-unsaturated/α-hetero) is 1. The summed E-state index contributed by atoms with van der Waals surface area (Å²) in [6.07, 6.45) is 5.08. The molecule has 37 heavy (non-hydrogen) atoms. The first-order chi connectivity index (χ1) is 17.9. The maximum Gasteiger partial charge on any atom is 0.317 e. The number of carbonyl (C=O) groups excluding carboxylic acids is 2. The molecular formula is C26H25N9O2. The monoisotopic (exact) mass is 495 g/mol. The molecule has 2 fully saturated rings. The Hall–Kier alpha value is -4.59. The van der Waals surface area contributed by atoms with E-state index in [-0.39, 0.29) is 17.9 Å². The smallest absolute Gasteiger partial charge is 0.317 e. The predicted molar refractivity (Wildman–Crippen MR) is 136 cm³/mol. The number of fused-ring (bicyclic) bond motifs is 2. The SMILES string of the molecule is [C-]#[N+]c1ncccc1CN1c2nc(-c3cnc(N4CCN5C(=O)NC[C@@H]5C4)nc3)ccc2C(=O)C1(C)C. The van der Waals surface area contributed by atoms with Gasteiger partial charge in [-0.1, -0.05) is 12.6 Å². The number of pyridine rings is 2. The van der Waals surface area contributed by atoms with Gasteiger partial charge in [-0.25, -0.2) is 19.7 Å². The second kappa shape index (κ2) is 8.51. The molecule has 0 saturated carbocycles. The lowest BCUT2D eigenvalue weighted by molar-refractivity contribution is 0.0923. The molecule has 0 unspecified atom stereocenters. The summed E-state index contributed by atoms with van der Waals surface area (Å²) in [5.41, 5.74) is 1.88. The van der Waals surface area contributed by atoms with Crippen LogP contribution in [0.1, 0.15) is 29.8 Å². The minimum atomic E-state index is -0.817. The summed E-state index contributed by atoms with van der Waals surface area (Å²) in [4.78, 5) is 52.7. The molecule has 0 aromatic carbocycles. The number of amides is 2. The highest BCUT2D eigenvalue weighted by Gasteiger charge is 2.45. The Morgan fingerprint density at radius 2 is 1.95 bits per heavy atom. The molecule has 3 aliphatic rings. The van der Waals surface area contributed by atoms with Crippen LogP contribution in [0.3, 0.4) is 0 Å². The predicted octanol–water partition coefficient (Wildman–Crippen LogP) is 2.68. The Kier molecular flexibility index (Phi) is 5.26. The van der Waals surface area contributed by atoms with Crippen molar-refractivity contribution >= 4 is 29.4 Å². The van der Waals surface area contributed by atoms with Crippen LogP contribution in [0.15, 0.2) is 42.9 Å². The number of hydrogen-bond donors (Lipinski definition) is 1. The minimum absolute atomic E-state index is 0.00635. The number of aromatic nitrogens is 4. The molecule has 11 heteroatoms. The van der Waals surface area contributed by atoms with E-state index in [9.17, 15) is 9.59 Å². The maximum atomic E-state index is 13.2. The first kappa shape index (κ1) is 22.8. The largest absolute Gasteiger partial charge is 0.360 e. The van der Waals surface area contributed by atoms with Crippen LogP contribution in [-0.2, 0) is 6.54 Å². The highest BCUT2D eigenvalue weighted by Crippen LogP contribution is 2.40. The number of nitrogens with zero attached hydrogens (tertiary/aromatic N) is 8. The third kappa shape index (κ3) is 3.72. The van der Waals surface area contributed by atoms with Crippen molar-refractivity contribution in [3.8, 4) is 11.3 Å². The number of nitrogens with one attached hydrogen (secondary N) is 1. The van der Waals surface area contributed by atoms with Gasteiger partial charge in [-0.05, 0) is 37.6 Å². The molecular weight excluding hydrogens is 470 g/mol. The molecule has 2 saturated heterocycles. The van der Waals surface area contributed by atoms with Gasteiger partial charge in [0, 0.05) is 50.7 Å². The van der Waals surface area contributed by atoms with Crippen molar-refractivity contribution < 1.29 is 9.59 Å². The second-order valence-corrected chi connectivity index (χ2v) is 9.89. The van der Waals surface area contributed by atoms with E-state index in [4.69, 9.17) is 11.6 Å². The third-order valence-corrected chi connectivity index (χ3v) is 7.36. The number of ketones is 1. The summed E-state index contributed by atoms with van der Waals surface area (Å²) in [5.74, 6) is 1.49. The van der Waals surface area contributed by atoms with Gasteiger partial charge in [0.25, 0.3) is 5.82 Å². The van der Waals surface area contributed by atoms with Crippen molar-refractivity contribution in [1.29, 1.82) is 0 Å². The molecule has 186 valence electrons. The maximum absolute atomic E-state index is 13.2. The van der Waals surface area contributed by atoms with Crippen LogP contribution >= 0.6 is 0 Å². The number of carbonyl (C=O) groups is 2. The lowest BCUT2D eigenvalue weighted by Crippen LogP contribution is -2.52. The van der Waals surface area contributed by atoms with E-state index in [0.29, 0.717) is 61.6 Å². The number of hydrogen-bond acceptors (Lipinski definition) is 8. The zero-order chi connectivity index (χ0) is 25.7. The van der Waals surface area contributed by atoms with Crippen molar-refractivity contribution in [2.24, 2.45) is 0 Å². The summed E-state index contributed by atoms with van der Waals surface area (Å²) in [5, 5.41) is 2.88. The fourth-order valence-electron chi connectivity index (χ4n) is 5.21. The van der Waals surface area contributed by atoms with Gasteiger partial charge in [0.1, 0.15) is 12.0 Å². The highest BCUT2D eigenvalue weighted by molar-refractivity contribution is 6.12. The van der Waals surface area contributed by atoms with Crippen molar-refractivity contribution in [2.45, 2.75) is 32.0 Å². The standard InChI is InChI=1S/C26H25N9O2/c1-26(2)21(36)19-6-7-20(32-23(19)35(26)14-16-5-4-8-28-22(16)27-3)17-11-29-24(30-12-17)33-9-10-34-18(15-33)13-31-25(34)37/h4-8,11-12,18H,9-10,13-15H2,1-2H3,(H,31,37)/t18-/m1/s1. The van der Waals surface area contributed by atoms with Crippen molar-refractivity contribution in [1.82, 2.24) is 30.2 Å². The molecule has 6 rings (SSSR count). The average molecular weight is 496 g/mol. The number of anilines is 2. The van der Waals surface area contributed by atoms with Crippen LogP contribution < -0.4 is 15.1 Å². The van der Waals surface area contributed by atoms with E-state index in [0.717, 1.165) is 11.1 Å². The molecule has 6 heterocycles. The van der Waals surface area contributed by atoms with Crippen molar-refractivity contribution in [3.63, 3.8) is 0 Å². The summed E-state index contributed by atoms with van der Waals surface area (Å²) in [6, 6.07) is 7.38. The van der Waals surface area contributed by atoms with Crippen LogP contribution in [0.25, 0.3) is 16.1 Å². The molecule has 0 aliphatic carbocycles. The number of urea groups is 1. The molecule has 0 bridgehead atoms. The Balaban J connectivity index is 1.27. The summed E-state index contributed by atoms with van der Waals surface area (Å²) in [7, 11) is 0. The summed E-state index contributed by atoms with van der Waals surface area (Å²) >= 11 is 0. The first-order valence-electron chi connectivity index (χ1n) is 12.1. The Bertz CT molecular complexity index is 1450. The van der Waals surface area contributed by atoms with Gasteiger partial charge in [0.05, 0.1) is 22.8 Å². The van der Waals surface area contributed by atoms with Gasteiger partial charge in [-0.2, -0.15) is 0 Å². The molecule has 3 aromatic heterocycles. The van der Waals surface area contributed by atoms with Gasteiger partial charge in [0.2, 0.25) is 5.95 Å². The van der Waals surface area contributed by atoms with Gasteiger partial charge < -0.3 is 24.9 Å². The van der Waals surface area contributed by atoms with E-state index in [2.05, 4.69) is 30.0 Å². The molecule has 3 aromatic rings. The lowest BCUT2D eigenvalue weighted by Gasteiger charge is -2.36. The molecule has 11 nitrogen and oxygen atoms in total. The lowest BCUT2D eigenvalue weighted by atomic mass is 9.97. The van der Waals surface area contributed by atoms with Gasteiger partial charge in [-0.3, -0.25) is 4.79 Å². The minimum Gasteiger partial charge on any atom is -0.360 e. The Morgan fingerprint density at radius 3 is 2.73 bits per heavy atom. The van der Waals surface area contributed by atoms with Crippen molar-refractivity contribution in [3.05, 3.63) is 65.4 Å². The molecule has 1 N–H and O–H groups in total. The molecule has 0 radical (unpaired) electrons. The fraction of sp³-hybridized carbons (Fsp3) is 0.346. The molecule has 3 aliphatic heterocycles. The van der Waals surface area contributed by atoms with E-state index >= 15 is 0 Å². The van der Waals surface area contributed by atoms with Crippen molar-refractivity contribution in [2.75, 3.05) is 36.0 Å². The van der Waals surface area contributed by atoms with E-state index in [1.807, 2.05) is 35.8 Å². The zero-order valence-corrected chi connectivity index (χ0v) is 20.5. The van der Waals surface area contributed by atoms with E-state index in [1.165, 1.54) is 0 Å². The van der Waals surface area contributed by atoms with Crippen LogP contribution in [-0.4, -0.2) is 74.4 Å². The van der Waals surface area contributed by atoms with Crippen LogP contribution in [0.5, 0.6) is 0 Å². The fourth-order valence-corrected chi connectivity index (χ4v) is 5.21. The zero-order valence-electron chi connectivity index (χ0n) is 20.5.